The summed E-state index contributed by atoms with van der Waals surface area (Å²) in [5, 5.41) is 0. The van der Waals surface area contributed by atoms with Crippen molar-refractivity contribution in [3.63, 3.8) is 0 Å². The van der Waals surface area contributed by atoms with Gasteiger partial charge in [0.25, 0.3) is 0 Å². The number of nitrogens with two attached hydrogens (primary N) is 1. The number of ether oxygens (including phenoxy) is 1. The summed E-state index contributed by atoms with van der Waals surface area (Å²) in [6.45, 7) is 10.1. The van der Waals surface area contributed by atoms with Crippen LogP contribution in [0.4, 0.5) is 5.69 Å². The van der Waals surface area contributed by atoms with Gasteiger partial charge in [0.05, 0.1) is 0 Å². The number of hydrogen-bond donors (Lipinski definition) is 1. The van der Waals surface area contributed by atoms with Gasteiger partial charge in [-0.1, -0.05) is 30.3 Å². The first-order chi connectivity index (χ1) is 12.1. The van der Waals surface area contributed by atoms with Crippen molar-refractivity contribution in [2.75, 3.05) is 24.7 Å². The molecule has 1 fully saturated rings. The van der Waals surface area contributed by atoms with Gasteiger partial charge >= 0.3 is 0 Å². The van der Waals surface area contributed by atoms with Crippen molar-refractivity contribution in [2.24, 2.45) is 5.73 Å². The molecule has 0 saturated carbocycles. The second kappa shape index (κ2) is 8.03. The van der Waals surface area contributed by atoms with Crippen LogP contribution in [0.2, 0.25) is 0 Å². The van der Waals surface area contributed by atoms with E-state index >= 15 is 0 Å². The molecule has 0 aromatic heterocycles. The van der Waals surface area contributed by atoms with E-state index in [1.807, 2.05) is 0 Å². The maximum Gasteiger partial charge on any atom is 0.0485 e. The normalized spacial score (nSPS) is 15.4. The summed E-state index contributed by atoms with van der Waals surface area (Å²) in [6.07, 6.45) is 2.23. The summed E-state index contributed by atoms with van der Waals surface area (Å²) >= 11 is 0. The van der Waals surface area contributed by atoms with Gasteiger partial charge in [0.2, 0.25) is 0 Å². The summed E-state index contributed by atoms with van der Waals surface area (Å²) in [6, 6.07) is 13.8. The number of hydrogen-bond acceptors (Lipinski definition) is 3. The molecule has 0 unspecified atom stereocenters. The summed E-state index contributed by atoms with van der Waals surface area (Å²) in [5.41, 5.74) is 13.5. The van der Waals surface area contributed by atoms with E-state index in [0.717, 1.165) is 32.6 Å². The number of anilines is 1. The monoisotopic (exact) mass is 338 g/mol. The molecule has 25 heavy (non-hydrogen) atoms. The highest BCUT2D eigenvalue weighted by molar-refractivity contribution is 5.72. The Morgan fingerprint density at radius 3 is 2.32 bits per heavy atom. The average molecular weight is 338 g/mol. The van der Waals surface area contributed by atoms with E-state index in [9.17, 15) is 0 Å². The molecule has 0 spiro atoms. The van der Waals surface area contributed by atoms with E-state index in [4.69, 9.17) is 10.5 Å². The SMILES string of the molecule is CCN(c1cc(-c2ccc(CN)cc2)cc(C)c1C)C1CCOCC1. The van der Waals surface area contributed by atoms with Crippen molar-refractivity contribution in [2.45, 2.75) is 46.2 Å². The quantitative estimate of drug-likeness (QED) is 0.876. The third-order valence-electron chi connectivity index (χ3n) is 5.44. The molecule has 1 heterocycles. The van der Waals surface area contributed by atoms with E-state index < -0.39 is 0 Å². The smallest absolute Gasteiger partial charge is 0.0485 e. The minimum Gasteiger partial charge on any atom is -0.381 e. The molecule has 0 radical (unpaired) electrons. The van der Waals surface area contributed by atoms with Crippen LogP contribution in [0.25, 0.3) is 11.1 Å². The number of aryl methyl sites for hydroxylation is 1. The fourth-order valence-corrected chi connectivity index (χ4v) is 3.76. The van der Waals surface area contributed by atoms with Crippen LogP contribution in [-0.4, -0.2) is 25.8 Å². The van der Waals surface area contributed by atoms with Gasteiger partial charge in [0, 0.05) is 38.0 Å². The zero-order valence-corrected chi connectivity index (χ0v) is 15.7. The van der Waals surface area contributed by atoms with Crippen LogP contribution in [0.15, 0.2) is 36.4 Å². The number of nitrogens with zero attached hydrogens (tertiary/aromatic N) is 1. The molecule has 134 valence electrons. The zero-order chi connectivity index (χ0) is 17.8. The van der Waals surface area contributed by atoms with Gasteiger partial charge in [-0.3, -0.25) is 0 Å². The lowest BCUT2D eigenvalue weighted by atomic mass is 9.96. The third-order valence-corrected chi connectivity index (χ3v) is 5.44. The van der Waals surface area contributed by atoms with Crippen LogP contribution in [0.5, 0.6) is 0 Å². The van der Waals surface area contributed by atoms with E-state index in [0.29, 0.717) is 12.6 Å². The average Bonchev–Trinajstić information content (AvgIpc) is 2.66. The highest BCUT2D eigenvalue weighted by Gasteiger charge is 2.22. The molecule has 1 aliphatic heterocycles. The first kappa shape index (κ1) is 18.0. The summed E-state index contributed by atoms with van der Waals surface area (Å²) in [7, 11) is 0. The molecule has 1 saturated heterocycles. The van der Waals surface area contributed by atoms with Gasteiger partial charge < -0.3 is 15.4 Å². The Balaban J connectivity index is 1.98. The maximum absolute atomic E-state index is 5.73. The van der Waals surface area contributed by atoms with E-state index in [2.05, 4.69) is 62.1 Å². The second-order valence-corrected chi connectivity index (χ2v) is 6.97. The minimum absolute atomic E-state index is 0.576. The first-order valence-corrected chi connectivity index (χ1v) is 9.39. The lowest BCUT2D eigenvalue weighted by Gasteiger charge is -2.37. The highest BCUT2D eigenvalue weighted by Crippen LogP contribution is 2.33. The van der Waals surface area contributed by atoms with Crippen LogP contribution in [0.1, 0.15) is 36.5 Å². The maximum atomic E-state index is 5.73. The number of benzene rings is 2. The van der Waals surface area contributed by atoms with Crippen molar-refractivity contribution in [3.8, 4) is 11.1 Å². The Labute approximate surface area is 151 Å². The van der Waals surface area contributed by atoms with Crippen LogP contribution in [-0.2, 0) is 11.3 Å². The topological polar surface area (TPSA) is 38.5 Å². The largest absolute Gasteiger partial charge is 0.381 e. The Hall–Kier alpha value is -1.84. The third kappa shape index (κ3) is 3.88. The summed E-state index contributed by atoms with van der Waals surface area (Å²) < 4.78 is 5.56. The van der Waals surface area contributed by atoms with Crippen molar-refractivity contribution in [1.29, 1.82) is 0 Å². The van der Waals surface area contributed by atoms with Crippen LogP contribution in [0.3, 0.4) is 0 Å². The number of rotatable bonds is 5. The molecule has 3 nitrogen and oxygen atoms in total. The van der Waals surface area contributed by atoms with Crippen molar-refractivity contribution in [1.82, 2.24) is 0 Å². The molecule has 2 aromatic rings. The Morgan fingerprint density at radius 1 is 1.04 bits per heavy atom. The van der Waals surface area contributed by atoms with Crippen molar-refractivity contribution < 1.29 is 4.74 Å². The van der Waals surface area contributed by atoms with Gasteiger partial charge in [-0.2, -0.15) is 0 Å². The van der Waals surface area contributed by atoms with Crippen molar-refractivity contribution >= 4 is 5.69 Å². The molecule has 0 amide bonds. The standard InChI is InChI=1S/C22H30N2O/c1-4-24(21-9-11-25-12-10-21)22-14-20(13-16(2)17(22)3)19-7-5-18(15-23)6-8-19/h5-8,13-14,21H,4,9-12,15,23H2,1-3H3. The van der Waals surface area contributed by atoms with Gasteiger partial charge in [0.1, 0.15) is 0 Å². The lowest BCUT2D eigenvalue weighted by Crippen LogP contribution is -2.39. The van der Waals surface area contributed by atoms with Gasteiger partial charge in [-0.15, -0.1) is 0 Å². The lowest BCUT2D eigenvalue weighted by molar-refractivity contribution is 0.0846. The molecular formula is C22H30N2O. The molecule has 3 rings (SSSR count). The summed E-state index contributed by atoms with van der Waals surface area (Å²) in [5.74, 6) is 0. The van der Waals surface area contributed by atoms with Gasteiger partial charge in [-0.25, -0.2) is 0 Å². The van der Waals surface area contributed by atoms with Gasteiger partial charge in [0.15, 0.2) is 0 Å². The molecular weight excluding hydrogens is 308 g/mol. The predicted molar refractivity (Wildman–Crippen MR) is 106 cm³/mol. The molecule has 2 aromatic carbocycles. The van der Waals surface area contributed by atoms with E-state index in [1.165, 1.54) is 33.5 Å². The molecule has 0 aliphatic carbocycles. The van der Waals surface area contributed by atoms with E-state index in [1.54, 1.807) is 0 Å². The Morgan fingerprint density at radius 2 is 1.72 bits per heavy atom. The fraction of sp³-hybridized carbons (Fsp3) is 0.455. The summed E-state index contributed by atoms with van der Waals surface area (Å²) in [4.78, 5) is 2.57. The van der Waals surface area contributed by atoms with Crippen LogP contribution in [0, 0.1) is 13.8 Å². The van der Waals surface area contributed by atoms with Gasteiger partial charge in [-0.05, 0) is 67.5 Å². The van der Waals surface area contributed by atoms with Crippen LogP contribution >= 0.6 is 0 Å². The molecule has 2 N–H and O–H groups in total. The van der Waals surface area contributed by atoms with Crippen molar-refractivity contribution in [3.05, 3.63) is 53.1 Å². The Bertz CT molecular complexity index is 703. The molecule has 1 aliphatic rings. The highest BCUT2D eigenvalue weighted by atomic mass is 16.5. The predicted octanol–water partition coefficient (Wildman–Crippen LogP) is 4.43. The molecule has 0 bridgehead atoms. The minimum atomic E-state index is 0.576. The fourth-order valence-electron chi connectivity index (χ4n) is 3.76. The second-order valence-electron chi connectivity index (χ2n) is 6.97. The molecule has 0 atom stereocenters. The molecule has 3 heteroatoms. The first-order valence-electron chi connectivity index (χ1n) is 9.39. The zero-order valence-electron chi connectivity index (χ0n) is 15.7. The Kier molecular flexibility index (Phi) is 5.77. The van der Waals surface area contributed by atoms with Crippen LogP contribution < -0.4 is 10.6 Å². The van der Waals surface area contributed by atoms with E-state index in [-0.39, 0.29) is 0 Å².